The topological polar surface area (TPSA) is 66.2 Å². The smallest absolute Gasteiger partial charge is 0.258 e. The summed E-state index contributed by atoms with van der Waals surface area (Å²) < 4.78 is 0. The number of nitrogens with one attached hydrogen (secondary N) is 1. The van der Waals surface area contributed by atoms with Crippen LogP contribution in [0.15, 0.2) is 57.3 Å². The molecule has 5 heteroatoms. The molecule has 2 aliphatic heterocycles. The second kappa shape index (κ2) is 3.93. The number of rotatable bonds is 2. The van der Waals surface area contributed by atoms with Crippen LogP contribution >= 0.6 is 0 Å². The first-order valence-corrected chi connectivity index (χ1v) is 5.37. The van der Waals surface area contributed by atoms with E-state index < -0.39 is 0 Å². The van der Waals surface area contributed by atoms with Crippen LogP contribution in [0, 0.1) is 0 Å². The molecule has 3 rings (SSSR count). The third-order valence-corrected chi connectivity index (χ3v) is 2.67. The Kier molecular flexibility index (Phi) is 2.29. The van der Waals surface area contributed by atoms with E-state index in [0.29, 0.717) is 17.8 Å². The molecule has 5 nitrogen and oxygen atoms in total. The van der Waals surface area contributed by atoms with Gasteiger partial charge in [0.2, 0.25) is 0 Å². The van der Waals surface area contributed by atoms with Gasteiger partial charge < -0.3 is 5.32 Å². The van der Waals surface area contributed by atoms with Crippen LogP contribution in [0.3, 0.4) is 0 Å². The number of amides is 1. The van der Waals surface area contributed by atoms with E-state index in [4.69, 9.17) is 0 Å². The predicted molar refractivity (Wildman–Crippen MR) is 62.5 cm³/mol. The molecule has 2 heterocycles. The molecular weight excluding hydrogens is 216 g/mol. The fourth-order valence-electron chi connectivity index (χ4n) is 1.85. The molecule has 1 N–H and O–H groups in total. The van der Waals surface area contributed by atoms with Crippen LogP contribution in [0.1, 0.15) is 5.56 Å². The van der Waals surface area contributed by atoms with E-state index in [1.165, 1.54) is 6.20 Å². The summed E-state index contributed by atoms with van der Waals surface area (Å²) in [5, 5.41) is 10.3. The first-order chi connectivity index (χ1) is 8.33. The number of fused-ring (bicyclic) bond motifs is 1. The van der Waals surface area contributed by atoms with E-state index in [9.17, 15) is 4.79 Å². The van der Waals surface area contributed by atoms with E-state index >= 15 is 0 Å². The summed E-state index contributed by atoms with van der Waals surface area (Å²) in [6, 6.07) is 9.91. The fraction of sp³-hybridized carbons (Fsp3) is 0.167. The number of aliphatic imine (C=N–C) groups is 1. The maximum atomic E-state index is 11.7. The minimum Gasteiger partial charge on any atom is -0.330 e. The van der Waals surface area contributed by atoms with Gasteiger partial charge in [0, 0.05) is 6.42 Å². The van der Waals surface area contributed by atoms with Crippen molar-refractivity contribution in [3.05, 3.63) is 47.7 Å². The molecule has 1 atom stereocenters. The second-order valence-electron chi connectivity index (χ2n) is 3.89. The van der Waals surface area contributed by atoms with E-state index in [2.05, 4.69) is 20.5 Å². The van der Waals surface area contributed by atoms with E-state index in [0.717, 1.165) is 5.56 Å². The van der Waals surface area contributed by atoms with E-state index in [1.807, 2.05) is 30.3 Å². The molecule has 0 spiro atoms. The third kappa shape index (κ3) is 1.87. The second-order valence-corrected chi connectivity index (χ2v) is 3.89. The lowest BCUT2D eigenvalue weighted by Crippen LogP contribution is -2.41. The van der Waals surface area contributed by atoms with E-state index in [-0.39, 0.29) is 12.1 Å². The number of hydrogen-bond acceptors (Lipinski definition) is 4. The van der Waals surface area contributed by atoms with Crippen molar-refractivity contribution in [2.45, 2.75) is 12.6 Å². The van der Waals surface area contributed by atoms with Gasteiger partial charge in [0.15, 0.2) is 5.84 Å². The number of nitrogens with zero attached hydrogens (tertiary/aromatic N) is 3. The average Bonchev–Trinajstić information content (AvgIpc) is 2.79. The average molecular weight is 226 g/mol. The molecule has 1 unspecified atom stereocenters. The highest BCUT2D eigenvalue weighted by atomic mass is 16.2. The molecule has 0 saturated heterocycles. The third-order valence-electron chi connectivity index (χ3n) is 2.67. The van der Waals surface area contributed by atoms with Crippen molar-refractivity contribution in [1.29, 1.82) is 0 Å². The summed E-state index contributed by atoms with van der Waals surface area (Å²) >= 11 is 0. The van der Waals surface area contributed by atoms with Gasteiger partial charge in [-0.1, -0.05) is 30.3 Å². The molecule has 17 heavy (non-hydrogen) atoms. The molecule has 1 aromatic carbocycles. The molecule has 0 aromatic heterocycles. The Bertz CT molecular complexity index is 545. The van der Waals surface area contributed by atoms with Gasteiger partial charge in [-0.15, -0.1) is 5.11 Å². The lowest BCUT2D eigenvalue weighted by Gasteiger charge is -2.19. The molecular formula is C12H10N4O. The van der Waals surface area contributed by atoms with Crippen molar-refractivity contribution >= 4 is 11.7 Å². The maximum absolute atomic E-state index is 11.7. The number of amidine groups is 1. The molecule has 1 amide bonds. The van der Waals surface area contributed by atoms with Gasteiger partial charge in [0.25, 0.3) is 5.91 Å². The van der Waals surface area contributed by atoms with Crippen molar-refractivity contribution in [3.8, 4) is 0 Å². The summed E-state index contributed by atoms with van der Waals surface area (Å²) in [5.74, 6) is 0.288. The maximum Gasteiger partial charge on any atom is 0.258 e. The number of carbonyl (C=O) groups is 1. The van der Waals surface area contributed by atoms with Crippen molar-refractivity contribution in [3.63, 3.8) is 0 Å². The monoisotopic (exact) mass is 226 g/mol. The summed E-state index contributed by atoms with van der Waals surface area (Å²) in [5.41, 5.74) is 1.58. The van der Waals surface area contributed by atoms with Gasteiger partial charge in [-0.3, -0.25) is 4.79 Å². The number of benzene rings is 1. The van der Waals surface area contributed by atoms with Crippen LogP contribution in [0.5, 0.6) is 0 Å². The molecule has 1 aromatic rings. The van der Waals surface area contributed by atoms with Gasteiger partial charge in [-0.2, -0.15) is 5.11 Å². The summed E-state index contributed by atoms with van der Waals surface area (Å²) in [6.45, 7) is 0. The predicted octanol–water partition coefficient (Wildman–Crippen LogP) is 1.43. The Balaban J connectivity index is 1.82. The van der Waals surface area contributed by atoms with Gasteiger partial charge in [0.1, 0.15) is 11.7 Å². The minimum atomic E-state index is -0.255. The molecule has 2 aliphatic rings. The first-order valence-electron chi connectivity index (χ1n) is 5.37. The Labute approximate surface area is 98.0 Å². The van der Waals surface area contributed by atoms with Gasteiger partial charge >= 0.3 is 0 Å². The van der Waals surface area contributed by atoms with Crippen molar-refractivity contribution < 1.29 is 4.79 Å². The SMILES string of the molecule is O=C1NC(Cc2ccccc2)N=C2N=NC=C12. The van der Waals surface area contributed by atoms with Crippen LogP contribution in [0.2, 0.25) is 0 Å². The summed E-state index contributed by atoms with van der Waals surface area (Å²) in [4.78, 5) is 16.0. The lowest BCUT2D eigenvalue weighted by atomic mass is 10.1. The van der Waals surface area contributed by atoms with Gasteiger partial charge in [-0.25, -0.2) is 4.99 Å². The highest BCUT2D eigenvalue weighted by Crippen LogP contribution is 2.16. The first kappa shape index (κ1) is 9.89. The Morgan fingerprint density at radius 1 is 1.24 bits per heavy atom. The quantitative estimate of drug-likeness (QED) is 0.814. The zero-order chi connectivity index (χ0) is 11.7. The normalized spacial score (nSPS) is 21.6. The van der Waals surface area contributed by atoms with Crippen molar-refractivity contribution in [1.82, 2.24) is 5.32 Å². The molecule has 0 aliphatic carbocycles. The van der Waals surface area contributed by atoms with Crippen molar-refractivity contribution in [2.24, 2.45) is 15.2 Å². The number of azo groups is 1. The number of hydrogen-bond donors (Lipinski definition) is 1. The summed E-state index contributed by atoms with van der Waals surface area (Å²) in [6.07, 6.45) is 1.85. The Hall–Kier alpha value is -2.30. The highest BCUT2D eigenvalue weighted by Gasteiger charge is 2.28. The van der Waals surface area contributed by atoms with Crippen LogP contribution in [-0.4, -0.2) is 17.9 Å². The van der Waals surface area contributed by atoms with Gasteiger partial charge in [0.05, 0.1) is 6.20 Å². The molecule has 0 radical (unpaired) electrons. The highest BCUT2D eigenvalue weighted by molar-refractivity contribution is 6.22. The molecule has 0 fully saturated rings. The van der Waals surface area contributed by atoms with Crippen LogP contribution in [0.25, 0.3) is 0 Å². The van der Waals surface area contributed by atoms with Crippen LogP contribution < -0.4 is 5.32 Å². The zero-order valence-electron chi connectivity index (χ0n) is 9.00. The van der Waals surface area contributed by atoms with Crippen molar-refractivity contribution in [2.75, 3.05) is 0 Å². The largest absolute Gasteiger partial charge is 0.330 e. The van der Waals surface area contributed by atoms with Gasteiger partial charge in [-0.05, 0) is 5.56 Å². The standard InChI is InChI=1S/C12H10N4O/c17-12-9-7-13-16-11(9)14-10(15-12)6-8-4-2-1-3-5-8/h1-5,7,10H,6H2,(H,15,17). The molecule has 84 valence electrons. The molecule has 0 saturated carbocycles. The fourth-order valence-corrected chi connectivity index (χ4v) is 1.85. The zero-order valence-corrected chi connectivity index (χ0v) is 9.00. The summed E-state index contributed by atoms with van der Waals surface area (Å²) in [7, 11) is 0. The van der Waals surface area contributed by atoms with E-state index in [1.54, 1.807) is 0 Å². The van der Waals surface area contributed by atoms with Crippen LogP contribution in [-0.2, 0) is 11.2 Å². The Morgan fingerprint density at radius 2 is 2.06 bits per heavy atom. The Morgan fingerprint density at radius 3 is 2.88 bits per heavy atom. The number of carbonyl (C=O) groups excluding carboxylic acids is 1. The molecule has 0 bridgehead atoms. The minimum absolute atomic E-state index is 0.152. The lowest BCUT2D eigenvalue weighted by molar-refractivity contribution is -0.117. The van der Waals surface area contributed by atoms with Crippen LogP contribution in [0.4, 0.5) is 0 Å².